The highest BCUT2D eigenvalue weighted by atomic mass is 16.5. The van der Waals surface area contributed by atoms with Crippen LogP contribution < -0.4 is 5.73 Å². The SMILES string of the molecule is CCOC(=O)CC(C)(C)CC(C)(C)CN. The summed E-state index contributed by atoms with van der Waals surface area (Å²) in [4.78, 5) is 11.4. The lowest BCUT2D eigenvalue weighted by Gasteiger charge is -2.33. The van der Waals surface area contributed by atoms with E-state index in [9.17, 15) is 4.79 Å². The number of hydrogen-bond donors (Lipinski definition) is 1. The van der Waals surface area contributed by atoms with Crippen LogP contribution in [0.15, 0.2) is 0 Å². The van der Waals surface area contributed by atoms with Crippen molar-refractivity contribution in [3.8, 4) is 0 Å². The van der Waals surface area contributed by atoms with Gasteiger partial charge in [0.1, 0.15) is 0 Å². The summed E-state index contributed by atoms with van der Waals surface area (Å²) < 4.78 is 4.96. The maximum absolute atomic E-state index is 11.4. The van der Waals surface area contributed by atoms with E-state index in [1.54, 1.807) is 0 Å². The Kier molecular flexibility index (Phi) is 5.29. The number of carbonyl (C=O) groups excluding carboxylic acids is 1. The first-order valence-corrected chi connectivity index (χ1v) is 5.58. The Labute approximate surface area is 93.4 Å². The van der Waals surface area contributed by atoms with Crippen LogP contribution in [0.3, 0.4) is 0 Å². The molecule has 0 rings (SSSR count). The average Bonchev–Trinajstić information content (AvgIpc) is 2.01. The number of ether oxygens (including phenoxy) is 1. The molecule has 0 aliphatic rings. The predicted octanol–water partition coefficient (Wildman–Crippen LogP) is 2.34. The largest absolute Gasteiger partial charge is 0.466 e. The van der Waals surface area contributed by atoms with Gasteiger partial charge in [0, 0.05) is 0 Å². The van der Waals surface area contributed by atoms with Crippen LogP contribution in [0, 0.1) is 10.8 Å². The zero-order chi connectivity index (χ0) is 12.1. The van der Waals surface area contributed by atoms with Gasteiger partial charge in [0.05, 0.1) is 13.0 Å². The van der Waals surface area contributed by atoms with E-state index in [1.165, 1.54) is 0 Å². The van der Waals surface area contributed by atoms with Gasteiger partial charge in [-0.15, -0.1) is 0 Å². The molecule has 0 amide bonds. The van der Waals surface area contributed by atoms with Gasteiger partial charge in [-0.2, -0.15) is 0 Å². The molecule has 0 atom stereocenters. The molecule has 3 heteroatoms. The summed E-state index contributed by atoms with van der Waals surface area (Å²) in [6.45, 7) is 11.3. The fraction of sp³-hybridized carbons (Fsp3) is 0.917. The molecule has 2 N–H and O–H groups in total. The van der Waals surface area contributed by atoms with Gasteiger partial charge in [-0.3, -0.25) is 4.79 Å². The Morgan fingerprint density at radius 3 is 2.13 bits per heavy atom. The second-order valence-electron chi connectivity index (χ2n) is 5.69. The summed E-state index contributed by atoms with van der Waals surface area (Å²) in [5.41, 5.74) is 5.72. The first-order chi connectivity index (χ1) is 6.72. The van der Waals surface area contributed by atoms with E-state index < -0.39 is 0 Å². The number of rotatable bonds is 6. The second-order valence-corrected chi connectivity index (χ2v) is 5.69. The van der Waals surface area contributed by atoms with Crippen molar-refractivity contribution in [1.82, 2.24) is 0 Å². The summed E-state index contributed by atoms with van der Waals surface area (Å²) in [6.07, 6.45) is 1.39. The lowest BCUT2D eigenvalue weighted by atomic mass is 9.73. The maximum Gasteiger partial charge on any atom is 0.306 e. The van der Waals surface area contributed by atoms with Gasteiger partial charge in [-0.25, -0.2) is 0 Å². The van der Waals surface area contributed by atoms with Gasteiger partial charge in [0.15, 0.2) is 0 Å². The Morgan fingerprint density at radius 1 is 1.20 bits per heavy atom. The van der Waals surface area contributed by atoms with E-state index in [-0.39, 0.29) is 16.8 Å². The van der Waals surface area contributed by atoms with Crippen molar-refractivity contribution in [2.45, 2.75) is 47.5 Å². The minimum Gasteiger partial charge on any atom is -0.466 e. The molecule has 0 aromatic rings. The second kappa shape index (κ2) is 5.50. The first kappa shape index (κ1) is 14.4. The molecule has 0 aromatic heterocycles. The monoisotopic (exact) mass is 215 g/mol. The molecular weight excluding hydrogens is 190 g/mol. The van der Waals surface area contributed by atoms with Crippen molar-refractivity contribution in [3.05, 3.63) is 0 Å². The van der Waals surface area contributed by atoms with Crippen molar-refractivity contribution in [1.29, 1.82) is 0 Å². The van der Waals surface area contributed by atoms with E-state index in [2.05, 4.69) is 27.7 Å². The highest BCUT2D eigenvalue weighted by molar-refractivity contribution is 5.70. The summed E-state index contributed by atoms with van der Waals surface area (Å²) >= 11 is 0. The molecule has 90 valence electrons. The van der Waals surface area contributed by atoms with Crippen LogP contribution in [0.2, 0.25) is 0 Å². The number of carbonyl (C=O) groups is 1. The van der Waals surface area contributed by atoms with Crippen LogP contribution in [0.4, 0.5) is 0 Å². The fourth-order valence-electron chi connectivity index (χ4n) is 2.03. The molecule has 0 aliphatic heterocycles. The first-order valence-electron chi connectivity index (χ1n) is 5.58. The standard InChI is InChI=1S/C12H25NO2/c1-6-15-10(14)7-11(2,3)8-12(4,5)9-13/h6-9,13H2,1-5H3. The minimum atomic E-state index is -0.115. The van der Waals surface area contributed by atoms with Crippen LogP contribution in [0.25, 0.3) is 0 Å². The molecule has 0 heterocycles. The van der Waals surface area contributed by atoms with Gasteiger partial charge in [0.25, 0.3) is 0 Å². The zero-order valence-corrected chi connectivity index (χ0v) is 10.7. The van der Waals surface area contributed by atoms with E-state index >= 15 is 0 Å². The van der Waals surface area contributed by atoms with Crippen molar-refractivity contribution >= 4 is 5.97 Å². The Morgan fingerprint density at radius 2 is 1.73 bits per heavy atom. The molecule has 0 radical (unpaired) electrons. The van der Waals surface area contributed by atoms with Crippen LogP contribution in [0.5, 0.6) is 0 Å². The summed E-state index contributed by atoms with van der Waals surface area (Å²) in [7, 11) is 0. The lowest BCUT2D eigenvalue weighted by molar-refractivity contribution is -0.145. The van der Waals surface area contributed by atoms with E-state index in [1.807, 2.05) is 6.92 Å². The summed E-state index contributed by atoms with van der Waals surface area (Å²) in [5.74, 6) is -0.115. The van der Waals surface area contributed by atoms with Gasteiger partial charge in [-0.05, 0) is 30.7 Å². The zero-order valence-electron chi connectivity index (χ0n) is 10.7. The molecule has 0 bridgehead atoms. The Bertz CT molecular complexity index is 210. The molecule has 0 spiro atoms. The van der Waals surface area contributed by atoms with Crippen LogP contribution in [-0.2, 0) is 9.53 Å². The van der Waals surface area contributed by atoms with Crippen molar-refractivity contribution in [3.63, 3.8) is 0 Å². The Hall–Kier alpha value is -0.570. The summed E-state index contributed by atoms with van der Waals surface area (Å²) in [6, 6.07) is 0. The minimum absolute atomic E-state index is 0.0465. The summed E-state index contributed by atoms with van der Waals surface area (Å²) in [5, 5.41) is 0. The maximum atomic E-state index is 11.4. The third-order valence-electron chi connectivity index (χ3n) is 2.44. The lowest BCUT2D eigenvalue weighted by Crippen LogP contribution is -2.31. The smallest absolute Gasteiger partial charge is 0.306 e. The molecule has 0 unspecified atom stereocenters. The van der Waals surface area contributed by atoms with E-state index in [4.69, 9.17) is 10.5 Å². The predicted molar refractivity (Wildman–Crippen MR) is 62.5 cm³/mol. The van der Waals surface area contributed by atoms with Gasteiger partial charge >= 0.3 is 5.97 Å². The van der Waals surface area contributed by atoms with E-state index in [0.717, 1.165) is 6.42 Å². The molecule has 0 saturated heterocycles. The third-order valence-corrected chi connectivity index (χ3v) is 2.44. The molecule has 15 heavy (non-hydrogen) atoms. The van der Waals surface area contributed by atoms with Crippen molar-refractivity contribution in [2.24, 2.45) is 16.6 Å². The molecule has 0 aliphatic carbocycles. The van der Waals surface area contributed by atoms with Gasteiger partial charge < -0.3 is 10.5 Å². The van der Waals surface area contributed by atoms with Gasteiger partial charge in [0.2, 0.25) is 0 Å². The highest BCUT2D eigenvalue weighted by Crippen LogP contribution is 2.35. The van der Waals surface area contributed by atoms with Crippen molar-refractivity contribution in [2.75, 3.05) is 13.2 Å². The average molecular weight is 215 g/mol. The van der Waals surface area contributed by atoms with Crippen LogP contribution >= 0.6 is 0 Å². The van der Waals surface area contributed by atoms with E-state index in [0.29, 0.717) is 19.6 Å². The van der Waals surface area contributed by atoms with Crippen LogP contribution in [0.1, 0.15) is 47.5 Å². The highest BCUT2D eigenvalue weighted by Gasteiger charge is 2.30. The molecule has 3 nitrogen and oxygen atoms in total. The normalized spacial score (nSPS) is 12.7. The number of nitrogens with two attached hydrogens (primary N) is 1. The number of hydrogen-bond acceptors (Lipinski definition) is 3. The van der Waals surface area contributed by atoms with Gasteiger partial charge in [-0.1, -0.05) is 27.7 Å². The fourth-order valence-corrected chi connectivity index (χ4v) is 2.03. The molecule has 0 aromatic carbocycles. The molecule has 0 saturated carbocycles. The van der Waals surface area contributed by atoms with Crippen molar-refractivity contribution < 1.29 is 9.53 Å². The quantitative estimate of drug-likeness (QED) is 0.692. The molecular formula is C12H25NO2. The molecule has 0 fully saturated rings. The Balaban J connectivity index is 4.24. The third kappa shape index (κ3) is 6.50. The van der Waals surface area contributed by atoms with Crippen LogP contribution in [-0.4, -0.2) is 19.1 Å². The topological polar surface area (TPSA) is 52.3 Å². The number of esters is 1.